The Morgan fingerprint density at radius 3 is 2.35 bits per heavy atom. The van der Waals surface area contributed by atoms with Gasteiger partial charge >= 0.3 is 0 Å². The van der Waals surface area contributed by atoms with E-state index in [9.17, 15) is 8.78 Å². The number of hydrogen-bond donors (Lipinski definition) is 0. The molecule has 0 spiro atoms. The predicted molar refractivity (Wildman–Crippen MR) is 89.0 cm³/mol. The molecule has 0 saturated carbocycles. The van der Waals surface area contributed by atoms with Gasteiger partial charge in [-0.2, -0.15) is 0 Å². The Labute approximate surface area is 138 Å². The van der Waals surface area contributed by atoms with Gasteiger partial charge in [0.15, 0.2) is 0 Å². The van der Waals surface area contributed by atoms with E-state index in [-0.39, 0.29) is 17.5 Å². The van der Waals surface area contributed by atoms with Crippen molar-refractivity contribution in [1.29, 1.82) is 0 Å². The van der Waals surface area contributed by atoms with Crippen LogP contribution in [0.2, 0.25) is 0 Å². The average Bonchev–Trinajstić information content (AvgIpc) is 2.97. The number of halogens is 2. The van der Waals surface area contributed by atoms with E-state index in [4.69, 9.17) is 4.74 Å². The van der Waals surface area contributed by atoms with Gasteiger partial charge in [-0.3, -0.25) is 0 Å². The number of rotatable bonds is 4. The average molecular weight is 333 g/mol. The van der Waals surface area contributed by atoms with Crippen LogP contribution in [-0.2, 0) is 4.74 Å². The van der Waals surface area contributed by atoms with Gasteiger partial charge < -0.3 is 4.74 Å². The second-order valence-corrected chi connectivity index (χ2v) is 7.24. The summed E-state index contributed by atoms with van der Waals surface area (Å²) in [6.07, 6.45) is 0. The molecule has 2 nitrogen and oxygen atoms in total. The van der Waals surface area contributed by atoms with E-state index < -0.39 is 11.6 Å². The highest BCUT2D eigenvalue weighted by Gasteiger charge is 2.26. The fraction of sp³-hybridized carbons (Fsp3) is 0.278. The summed E-state index contributed by atoms with van der Waals surface area (Å²) in [5.41, 5.74) is 0.784. The van der Waals surface area contributed by atoms with E-state index in [0.717, 1.165) is 5.56 Å². The minimum atomic E-state index is -0.659. The molecule has 5 heteroatoms. The molecule has 1 aliphatic rings. The number of benzene rings is 2. The summed E-state index contributed by atoms with van der Waals surface area (Å²) in [5.74, 6) is -1.28. The smallest absolute Gasteiger partial charge is 0.222 e. The van der Waals surface area contributed by atoms with Crippen LogP contribution in [0.3, 0.4) is 0 Å². The normalized spacial score (nSPS) is 17.3. The van der Waals surface area contributed by atoms with Crippen LogP contribution in [0.15, 0.2) is 52.4 Å². The van der Waals surface area contributed by atoms with Crippen LogP contribution in [0.4, 0.5) is 8.78 Å². The van der Waals surface area contributed by atoms with Crippen molar-refractivity contribution in [1.82, 2.24) is 0 Å². The molecule has 23 heavy (non-hydrogen) atoms. The maximum absolute atomic E-state index is 13.8. The quantitative estimate of drug-likeness (QED) is 0.736. The molecule has 1 heterocycles. The highest BCUT2D eigenvalue weighted by atomic mass is 32.2. The minimum Gasteiger partial charge on any atom is -0.475 e. The van der Waals surface area contributed by atoms with E-state index in [1.54, 1.807) is 11.8 Å². The third kappa shape index (κ3) is 3.55. The zero-order chi connectivity index (χ0) is 16.4. The minimum absolute atomic E-state index is 0.0335. The maximum Gasteiger partial charge on any atom is 0.222 e. The number of thioether (sulfide) groups is 1. The van der Waals surface area contributed by atoms with Gasteiger partial charge in [-0.25, -0.2) is 13.8 Å². The fourth-order valence-electron chi connectivity index (χ4n) is 2.42. The van der Waals surface area contributed by atoms with Gasteiger partial charge in [0.1, 0.15) is 29.8 Å². The first-order valence-corrected chi connectivity index (χ1v) is 8.34. The second-order valence-electron chi connectivity index (χ2n) is 5.59. The van der Waals surface area contributed by atoms with Gasteiger partial charge in [0, 0.05) is 10.1 Å². The predicted octanol–water partition coefficient (Wildman–Crippen LogP) is 4.98. The monoisotopic (exact) mass is 333 g/mol. The molecule has 0 radical (unpaired) electrons. The SMILES string of the molecule is CC(C)Sc1ccc(C2COC(c3c(F)cccc3F)=N2)cc1. The highest BCUT2D eigenvalue weighted by molar-refractivity contribution is 7.99. The van der Waals surface area contributed by atoms with E-state index in [1.807, 2.05) is 24.3 Å². The lowest BCUT2D eigenvalue weighted by Gasteiger charge is -2.08. The Hall–Kier alpha value is -1.88. The van der Waals surface area contributed by atoms with Crippen molar-refractivity contribution < 1.29 is 13.5 Å². The van der Waals surface area contributed by atoms with Crippen LogP contribution in [-0.4, -0.2) is 17.8 Å². The van der Waals surface area contributed by atoms with Crippen molar-refractivity contribution in [3.05, 3.63) is 65.2 Å². The summed E-state index contributed by atoms with van der Waals surface area (Å²) in [5, 5.41) is 0.518. The molecular formula is C18H17F2NOS. The van der Waals surface area contributed by atoms with Gasteiger partial charge in [-0.15, -0.1) is 11.8 Å². The second kappa shape index (κ2) is 6.71. The molecule has 0 amide bonds. The molecule has 0 aliphatic carbocycles. The number of aliphatic imine (C=N–C) groups is 1. The molecule has 0 fully saturated rings. The number of ether oxygens (including phenoxy) is 1. The largest absolute Gasteiger partial charge is 0.475 e. The fourth-order valence-corrected chi connectivity index (χ4v) is 3.26. The lowest BCUT2D eigenvalue weighted by molar-refractivity contribution is 0.317. The number of hydrogen-bond acceptors (Lipinski definition) is 3. The third-order valence-corrected chi connectivity index (χ3v) is 4.48. The molecule has 120 valence electrons. The number of nitrogens with zero attached hydrogens (tertiary/aromatic N) is 1. The molecule has 1 unspecified atom stereocenters. The van der Waals surface area contributed by atoms with E-state index in [0.29, 0.717) is 11.9 Å². The Kier molecular flexibility index (Phi) is 4.66. The summed E-state index contributed by atoms with van der Waals surface area (Å²) in [6, 6.07) is 11.6. The Balaban J connectivity index is 1.82. The molecule has 2 aromatic rings. The van der Waals surface area contributed by atoms with Crippen LogP contribution >= 0.6 is 11.8 Å². The highest BCUT2D eigenvalue weighted by Crippen LogP contribution is 2.29. The van der Waals surface area contributed by atoms with Crippen LogP contribution < -0.4 is 0 Å². The first kappa shape index (κ1) is 16.0. The summed E-state index contributed by atoms with van der Waals surface area (Å²) >= 11 is 1.78. The molecule has 1 atom stereocenters. The summed E-state index contributed by atoms with van der Waals surface area (Å²) in [4.78, 5) is 5.54. The van der Waals surface area contributed by atoms with Crippen LogP contribution in [0, 0.1) is 11.6 Å². The van der Waals surface area contributed by atoms with Crippen molar-refractivity contribution in [2.24, 2.45) is 4.99 Å². The van der Waals surface area contributed by atoms with Crippen LogP contribution in [0.1, 0.15) is 31.0 Å². The third-order valence-electron chi connectivity index (χ3n) is 3.46. The molecule has 2 aromatic carbocycles. The lowest BCUT2D eigenvalue weighted by Crippen LogP contribution is -2.07. The first-order valence-electron chi connectivity index (χ1n) is 7.46. The molecule has 0 N–H and O–H groups in total. The van der Waals surface area contributed by atoms with Gasteiger partial charge in [0.05, 0.1) is 0 Å². The zero-order valence-corrected chi connectivity index (χ0v) is 13.7. The first-order chi connectivity index (χ1) is 11.0. The van der Waals surface area contributed by atoms with E-state index in [1.165, 1.54) is 23.1 Å². The molecular weight excluding hydrogens is 316 g/mol. The van der Waals surface area contributed by atoms with Gasteiger partial charge in [-0.1, -0.05) is 32.0 Å². The molecule has 0 bridgehead atoms. The van der Waals surface area contributed by atoms with Gasteiger partial charge in [-0.05, 0) is 29.8 Å². The van der Waals surface area contributed by atoms with Gasteiger partial charge in [0.2, 0.25) is 5.90 Å². The summed E-state index contributed by atoms with van der Waals surface area (Å²) < 4.78 is 33.0. The zero-order valence-electron chi connectivity index (χ0n) is 12.9. The van der Waals surface area contributed by atoms with E-state index in [2.05, 4.69) is 18.8 Å². The van der Waals surface area contributed by atoms with Crippen molar-refractivity contribution in [3.8, 4) is 0 Å². The molecule has 0 aromatic heterocycles. The van der Waals surface area contributed by atoms with Gasteiger partial charge in [0.25, 0.3) is 0 Å². The molecule has 1 aliphatic heterocycles. The maximum atomic E-state index is 13.8. The Morgan fingerprint density at radius 1 is 1.09 bits per heavy atom. The summed E-state index contributed by atoms with van der Waals surface area (Å²) in [6.45, 7) is 4.57. The van der Waals surface area contributed by atoms with Crippen molar-refractivity contribution in [3.63, 3.8) is 0 Å². The van der Waals surface area contributed by atoms with Crippen LogP contribution in [0.25, 0.3) is 0 Å². The lowest BCUT2D eigenvalue weighted by atomic mass is 10.1. The molecule has 3 rings (SSSR count). The van der Waals surface area contributed by atoms with Crippen molar-refractivity contribution in [2.45, 2.75) is 30.0 Å². The standard InChI is InChI=1S/C18H17F2NOS/c1-11(2)23-13-8-6-12(7-9-13)16-10-22-18(21-16)17-14(19)4-3-5-15(17)20/h3-9,11,16H,10H2,1-2H3. The Morgan fingerprint density at radius 2 is 1.74 bits per heavy atom. The van der Waals surface area contributed by atoms with Crippen LogP contribution in [0.5, 0.6) is 0 Å². The molecule has 0 saturated heterocycles. The topological polar surface area (TPSA) is 21.6 Å². The van der Waals surface area contributed by atoms with Crippen molar-refractivity contribution >= 4 is 17.7 Å². The van der Waals surface area contributed by atoms with Crippen molar-refractivity contribution in [2.75, 3.05) is 6.61 Å². The summed E-state index contributed by atoms with van der Waals surface area (Å²) in [7, 11) is 0. The van der Waals surface area contributed by atoms with E-state index >= 15 is 0 Å². The Bertz CT molecular complexity index is 708.